The Kier molecular flexibility index (Phi) is 6.21. The van der Waals surface area contributed by atoms with E-state index in [1.165, 1.54) is 22.4 Å². The van der Waals surface area contributed by atoms with E-state index >= 15 is 0 Å². The van der Waals surface area contributed by atoms with Gasteiger partial charge in [0.25, 0.3) is 0 Å². The summed E-state index contributed by atoms with van der Waals surface area (Å²) in [4.78, 5) is 4.83. The minimum Gasteiger partial charge on any atom is -0.289 e. The minimum atomic E-state index is 0.929. The Bertz CT molecular complexity index is 559. The molecule has 0 amide bonds. The second-order valence-corrected chi connectivity index (χ2v) is 5.62. The van der Waals surface area contributed by atoms with Gasteiger partial charge in [-0.1, -0.05) is 60.2 Å². The van der Waals surface area contributed by atoms with Crippen LogP contribution in [-0.4, -0.2) is 12.3 Å². The van der Waals surface area contributed by atoms with E-state index in [0.717, 1.165) is 32.2 Å². The van der Waals surface area contributed by atoms with Crippen molar-refractivity contribution in [2.24, 2.45) is 4.99 Å². The highest BCUT2D eigenvalue weighted by Crippen LogP contribution is 2.11. The molecule has 1 aromatic rings. The third-order valence-corrected chi connectivity index (χ3v) is 3.76. The van der Waals surface area contributed by atoms with Crippen LogP contribution >= 0.6 is 0 Å². The molecule has 1 nitrogen and oxygen atoms in total. The predicted molar refractivity (Wildman–Crippen MR) is 93.0 cm³/mol. The largest absolute Gasteiger partial charge is 0.289 e. The van der Waals surface area contributed by atoms with Gasteiger partial charge in [0.2, 0.25) is 0 Å². The topological polar surface area (TPSA) is 12.4 Å². The first kappa shape index (κ1) is 15.5. The molecule has 0 saturated heterocycles. The van der Waals surface area contributed by atoms with Gasteiger partial charge < -0.3 is 0 Å². The van der Waals surface area contributed by atoms with Gasteiger partial charge in [0.15, 0.2) is 0 Å². The highest BCUT2D eigenvalue weighted by Gasteiger charge is 2.03. The molecule has 110 valence electrons. The molecule has 21 heavy (non-hydrogen) atoms. The van der Waals surface area contributed by atoms with Crippen molar-refractivity contribution in [3.63, 3.8) is 0 Å². The van der Waals surface area contributed by atoms with E-state index in [9.17, 15) is 0 Å². The summed E-state index contributed by atoms with van der Waals surface area (Å²) in [7, 11) is 0. The monoisotopic (exact) mass is 279 g/mol. The van der Waals surface area contributed by atoms with E-state index < -0.39 is 0 Å². The van der Waals surface area contributed by atoms with E-state index in [2.05, 4.69) is 68.5 Å². The normalized spacial score (nSPS) is 25.5. The fraction of sp³-hybridized carbons (Fsp3) is 0.350. The van der Waals surface area contributed by atoms with E-state index in [4.69, 9.17) is 4.99 Å². The summed E-state index contributed by atoms with van der Waals surface area (Å²) in [6.07, 6.45) is 13.2. The minimum absolute atomic E-state index is 0.929. The maximum Gasteiger partial charge on any atom is 0.0395 e. The summed E-state index contributed by atoms with van der Waals surface area (Å²) >= 11 is 0. The fourth-order valence-corrected chi connectivity index (χ4v) is 2.41. The quantitative estimate of drug-likeness (QED) is 0.711. The van der Waals surface area contributed by atoms with Gasteiger partial charge in [-0.15, -0.1) is 0 Å². The summed E-state index contributed by atoms with van der Waals surface area (Å²) in [5.74, 6) is 0. The number of benzene rings is 1. The number of rotatable bonds is 3. The smallest absolute Gasteiger partial charge is 0.0395 e. The zero-order valence-electron chi connectivity index (χ0n) is 13.2. The van der Waals surface area contributed by atoms with E-state index in [1.54, 1.807) is 0 Å². The number of aryl methyl sites for hydroxylation is 1. The van der Waals surface area contributed by atoms with Crippen LogP contribution in [0.25, 0.3) is 0 Å². The molecule has 0 atom stereocenters. The van der Waals surface area contributed by atoms with Crippen LogP contribution in [0.3, 0.4) is 0 Å². The lowest BCUT2D eigenvalue weighted by Gasteiger charge is -2.07. The number of aliphatic imine (C=N–C) groups is 1. The maximum absolute atomic E-state index is 4.83. The molecule has 1 aliphatic rings. The van der Waals surface area contributed by atoms with Crippen LogP contribution in [0, 0.1) is 0 Å². The van der Waals surface area contributed by atoms with Gasteiger partial charge in [-0.05, 0) is 50.7 Å². The second kappa shape index (κ2) is 8.41. The van der Waals surface area contributed by atoms with Crippen molar-refractivity contribution >= 4 is 5.71 Å². The van der Waals surface area contributed by atoms with Crippen molar-refractivity contribution in [3.8, 4) is 0 Å². The Hall–Kier alpha value is -1.89. The summed E-state index contributed by atoms with van der Waals surface area (Å²) in [5.41, 5.74) is 5.24. The number of allylic oxidation sites excluding steroid dienone is 6. The molecule has 0 aliphatic carbocycles. The molecule has 1 aliphatic heterocycles. The molecule has 2 rings (SSSR count). The van der Waals surface area contributed by atoms with Crippen LogP contribution in [0.2, 0.25) is 0 Å². The Morgan fingerprint density at radius 2 is 1.81 bits per heavy atom. The first-order valence-corrected chi connectivity index (χ1v) is 7.85. The summed E-state index contributed by atoms with van der Waals surface area (Å²) < 4.78 is 0. The van der Waals surface area contributed by atoms with Gasteiger partial charge in [-0.2, -0.15) is 0 Å². The zero-order chi connectivity index (χ0) is 14.9. The van der Waals surface area contributed by atoms with Crippen LogP contribution in [-0.2, 0) is 6.42 Å². The molecule has 0 bridgehead atoms. The number of hydrogen-bond acceptors (Lipinski definition) is 1. The lowest BCUT2D eigenvalue weighted by atomic mass is 10.0. The average Bonchev–Trinajstić information content (AvgIpc) is 2.54. The van der Waals surface area contributed by atoms with E-state index in [0.29, 0.717) is 0 Å². The molecule has 0 spiro atoms. The first-order chi connectivity index (χ1) is 10.3. The number of nitrogens with zero attached hydrogens (tertiary/aromatic N) is 1. The molecule has 1 heterocycles. The lowest BCUT2D eigenvalue weighted by molar-refractivity contribution is 0.849. The van der Waals surface area contributed by atoms with E-state index in [1.807, 2.05) is 0 Å². The third-order valence-electron chi connectivity index (χ3n) is 3.76. The Balaban J connectivity index is 2.09. The molecule has 0 aromatic heterocycles. The van der Waals surface area contributed by atoms with Gasteiger partial charge in [0.1, 0.15) is 0 Å². The highest BCUT2D eigenvalue weighted by atomic mass is 14.7. The van der Waals surface area contributed by atoms with Crippen LogP contribution < -0.4 is 0 Å². The van der Waals surface area contributed by atoms with Crippen molar-refractivity contribution in [2.75, 3.05) is 6.54 Å². The molecule has 1 heteroatoms. The zero-order valence-corrected chi connectivity index (χ0v) is 13.2. The standard InChI is InChI=1S/C20H25N/c1-17-9-5-4-8-16-21-20(18(2)13-12-17)15-14-19-10-6-3-7-11-19/h3,5-7,9-13H,4,8,14-16H2,1-2H3/b9-5+,17-12-,18-13+,21-20-. The summed E-state index contributed by atoms with van der Waals surface area (Å²) in [6.45, 7) is 5.26. The average molecular weight is 279 g/mol. The summed E-state index contributed by atoms with van der Waals surface area (Å²) in [5, 5.41) is 0. The summed E-state index contributed by atoms with van der Waals surface area (Å²) in [6, 6.07) is 10.7. The van der Waals surface area contributed by atoms with Crippen molar-refractivity contribution in [3.05, 3.63) is 71.3 Å². The molecule has 0 saturated carbocycles. The van der Waals surface area contributed by atoms with Crippen LogP contribution in [0.15, 0.2) is 70.8 Å². The lowest BCUT2D eigenvalue weighted by Crippen LogP contribution is -2.04. The van der Waals surface area contributed by atoms with Crippen molar-refractivity contribution in [1.29, 1.82) is 0 Å². The third kappa shape index (κ3) is 5.55. The molecular formula is C20H25N. The SMILES string of the molecule is CC1=C/C=C(C)/C(CCc2ccccc2)=N\CCC\C=C\1. The molecule has 0 unspecified atom stereocenters. The molecule has 1 aromatic carbocycles. The second-order valence-electron chi connectivity index (χ2n) is 5.62. The molecule has 0 fully saturated rings. The van der Waals surface area contributed by atoms with Crippen LogP contribution in [0.5, 0.6) is 0 Å². The van der Waals surface area contributed by atoms with Crippen molar-refractivity contribution in [1.82, 2.24) is 0 Å². The van der Waals surface area contributed by atoms with Gasteiger partial charge in [0, 0.05) is 12.3 Å². The van der Waals surface area contributed by atoms with Gasteiger partial charge in [-0.3, -0.25) is 4.99 Å². The van der Waals surface area contributed by atoms with E-state index in [-0.39, 0.29) is 0 Å². The van der Waals surface area contributed by atoms with Gasteiger partial charge >= 0.3 is 0 Å². The van der Waals surface area contributed by atoms with Crippen LogP contribution in [0.1, 0.15) is 38.7 Å². The first-order valence-electron chi connectivity index (χ1n) is 7.85. The van der Waals surface area contributed by atoms with Crippen LogP contribution in [0.4, 0.5) is 0 Å². The Morgan fingerprint density at radius 3 is 2.62 bits per heavy atom. The van der Waals surface area contributed by atoms with Gasteiger partial charge in [-0.25, -0.2) is 0 Å². The van der Waals surface area contributed by atoms with Crippen molar-refractivity contribution in [2.45, 2.75) is 39.5 Å². The molecular weight excluding hydrogens is 254 g/mol. The fourth-order valence-electron chi connectivity index (χ4n) is 2.41. The predicted octanol–water partition coefficient (Wildman–Crippen LogP) is 5.30. The van der Waals surface area contributed by atoms with Crippen molar-refractivity contribution < 1.29 is 0 Å². The molecule has 0 radical (unpaired) electrons. The highest BCUT2D eigenvalue weighted by molar-refractivity contribution is 6.00. The number of hydrogen-bond donors (Lipinski definition) is 0. The maximum atomic E-state index is 4.83. The van der Waals surface area contributed by atoms with Gasteiger partial charge in [0.05, 0.1) is 0 Å². The Labute approximate surface area is 128 Å². The Morgan fingerprint density at radius 1 is 1.00 bits per heavy atom. The molecule has 0 N–H and O–H groups in total.